The molecule has 3 aromatic rings. The van der Waals surface area contributed by atoms with Crippen LogP contribution in [0.1, 0.15) is 18.2 Å². The van der Waals surface area contributed by atoms with Gasteiger partial charge in [-0.2, -0.15) is 0 Å². The van der Waals surface area contributed by atoms with Crippen LogP contribution in [-0.2, 0) is 6.42 Å². The van der Waals surface area contributed by atoms with Gasteiger partial charge in [0.25, 0.3) is 0 Å². The van der Waals surface area contributed by atoms with Crippen molar-refractivity contribution in [2.24, 2.45) is 0 Å². The van der Waals surface area contributed by atoms with Crippen molar-refractivity contribution >= 4 is 24.9 Å². The Morgan fingerprint density at radius 1 is 1.05 bits per heavy atom. The van der Waals surface area contributed by atoms with Crippen molar-refractivity contribution < 1.29 is 0 Å². The van der Waals surface area contributed by atoms with E-state index >= 15 is 0 Å². The maximum absolute atomic E-state index is 4.68. The second kappa shape index (κ2) is 6.25. The van der Waals surface area contributed by atoms with Crippen molar-refractivity contribution in [1.29, 1.82) is 0 Å². The molecule has 0 saturated heterocycles. The number of nitrogens with zero attached hydrogens (tertiary/aromatic N) is 2. The molecule has 0 radical (unpaired) electrons. The Hall–Kier alpha value is -1.90. The van der Waals surface area contributed by atoms with E-state index in [-0.39, 0.29) is 14.5 Å². The Bertz CT molecular complexity index is 718. The molecule has 0 saturated carbocycles. The molecular weight excluding hydrogens is 325 g/mol. The van der Waals surface area contributed by atoms with Crippen molar-refractivity contribution in [1.82, 2.24) is 9.97 Å². The fourth-order valence-electron chi connectivity index (χ4n) is 2.17. The van der Waals surface area contributed by atoms with Gasteiger partial charge in [0.05, 0.1) is 0 Å². The van der Waals surface area contributed by atoms with E-state index in [0.717, 1.165) is 22.5 Å². The number of rotatable bonds is 4. The normalized spacial score (nSPS) is 10.6. The van der Waals surface area contributed by atoms with Crippen molar-refractivity contribution in [2.45, 2.75) is 20.3 Å². The third-order valence-electron chi connectivity index (χ3n) is 3.35. The van der Waals surface area contributed by atoms with E-state index in [4.69, 9.17) is 0 Å². The van der Waals surface area contributed by atoms with Crippen LogP contribution in [0.3, 0.4) is 0 Å². The van der Waals surface area contributed by atoms with Gasteiger partial charge in [-0.25, -0.2) is 0 Å². The van der Waals surface area contributed by atoms with Crippen LogP contribution < -0.4 is 5.32 Å². The molecule has 0 spiro atoms. The molecule has 0 bridgehead atoms. The summed E-state index contributed by atoms with van der Waals surface area (Å²) in [6.07, 6.45) is 4.74. The number of benzene rings is 1. The minimum atomic E-state index is 0.217. The zero-order chi connectivity index (χ0) is 14.7. The SMILES string of the molecule is CCc1ccc(Nc2nc(C)c(-c3ccncc3)[se]2)cc1. The average molecular weight is 342 g/mol. The number of aryl methyl sites for hydroxylation is 2. The zero-order valence-corrected chi connectivity index (χ0v) is 13.8. The van der Waals surface area contributed by atoms with Gasteiger partial charge in [-0.1, -0.05) is 0 Å². The first-order valence-electron chi connectivity index (χ1n) is 7.00. The molecule has 0 atom stereocenters. The molecule has 1 aromatic carbocycles. The predicted octanol–water partition coefficient (Wildman–Crippen LogP) is 3.82. The summed E-state index contributed by atoms with van der Waals surface area (Å²) >= 11 is 0.217. The number of hydrogen-bond acceptors (Lipinski definition) is 3. The quantitative estimate of drug-likeness (QED) is 0.733. The van der Waals surface area contributed by atoms with Gasteiger partial charge in [0.15, 0.2) is 0 Å². The molecule has 0 aliphatic heterocycles. The molecule has 0 amide bonds. The Labute approximate surface area is 130 Å². The summed E-state index contributed by atoms with van der Waals surface area (Å²) in [6, 6.07) is 12.7. The molecule has 2 heterocycles. The summed E-state index contributed by atoms with van der Waals surface area (Å²) in [5, 5.41) is 3.44. The topological polar surface area (TPSA) is 37.8 Å². The Balaban J connectivity index is 1.83. The van der Waals surface area contributed by atoms with Crippen LogP contribution >= 0.6 is 0 Å². The standard InChI is InChI=1S/C17H17N3Se/c1-3-13-4-6-15(7-5-13)20-17-19-12(2)16(21-17)14-8-10-18-11-9-14/h4-11H,3H2,1-2H3,(H,19,20). The van der Waals surface area contributed by atoms with E-state index in [1.807, 2.05) is 12.4 Å². The number of pyridine rings is 1. The predicted molar refractivity (Wildman–Crippen MR) is 88.2 cm³/mol. The van der Waals surface area contributed by atoms with Gasteiger partial charge in [-0.3, -0.25) is 0 Å². The van der Waals surface area contributed by atoms with Crippen LogP contribution in [0.2, 0.25) is 0 Å². The summed E-state index contributed by atoms with van der Waals surface area (Å²) in [6.45, 7) is 4.24. The van der Waals surface area contributed by atoms with Gasteiger partial charge in [0.2, 0.25) is 0 Å². The second-order valence-corrected chi connectivity index (χ2v) is 6.94. The molecule has 2 aromatic heterocycles. The van der Waals surface area contributed by atoms with Gasteiger partial charge < -0.3 is 0 Å². The van der Waals surface area contributed by atoms with E-state index < -0.39 is 0 Å². The number of anilines is 2. The molecule has 3 nitrogen and oxygen atoms in total. The molecule has 106 valence electrons. The van der Waals surface area contributed by atoms with Crippen LogP contribution in [-0.4, -0.2) is 24.5 Å². The summed E-state index contributed by atoms with van der Waals surface area (Å²) in [4.78, 5) is 8.75. The van der Waals surface area contributed by atoms with E-state index in [0.29, 0.717) is 0 Å². The van der Waals surface area contributed by atoms with Crippen molar-refractivity contribution in [3.63, 3.8) is 0 Å². The maximum atomic E-state index is 4.68. The fraction of sp³-hybridized carbons (Fsp3) is 0.176. The molecule has 1 N–H and O–H groups in total. The first-order valence-corrected chi connectivity index (χ1v) is 8.71. The number of nitrogens with one attached hydrogen (secondary N) is 1. The van der Waals surface area contributed by atoms with Crippen molar-refractivity contribution in [2.75, 3.05) is 5.32 Å². The number of hydrogen-bond donors (Lipinski definition) is 1. The van der Waals surface area contributed by atoms with Gasteiger partial charge in [-0.15, -0.1) is 0 Å². The van der Waals surface area contributed by atoms with E-state index in [1.54, 1.807) is 0 Å². The van der Waals surface area contributed by atoms with E-state index in [2.05, 4.69) is 65.5 Å². The fourth-order valence-corrected chi connectivity index (χ4v) is 4.25. The first kappa shape index (κ1) is 14.1. The summed E-state index contributed by atoms with van der Waals surface area (Å²) in [5.41, 5.74) is 4.79. The monoisotopic (exact) mass is 343 g/mol. The molecule has 0 unspecified atom stereocenters. The van der Waals surface area contributed by atoms with Crippen molar-refractivity contribution in [3.8, 4) is 10.0 Å². The van der Waals surface area contributed by atoms with Crippen LogP contribution in [0.4, 0.5) is 10.4 Å². The Morgan fingerprint density at radius 2 is 1.76 bits per heavy atom. The Kier molecular flexibility index (Phi) is 4.18. The van der Waals surface area contributed by atoms with Crippen LogP contribution in [0.15, 0.2) is 48.8 Å². The molecule has 0 fully saturated rings. The Morgan fingerprint density at radius 3 is 2.43 bits per heavy atom. The second-order valence-electron chi connectivity index (χ2n) is 4.84. The number of aromatic nitrogens is 2. The van der Waals surface area contributed by atoms with Gasteiger partial charge >= 0.3 is 130 Å². The molecular formula is C17H17N3Se. The van der Waals surface area contributed by atoms with Gasteiger partial charge in [0.1, 0.15) is 0 Å². The zero-order valence-electron chi connectivity index (χ0n) is 12.1. The molecule has 4 heteroatoms. The van der Waals surface area contributed by atoms with Crippen LogP contribution in [0, 0.1) is 6.92 Å². The van der Waals surface area contributed by atoms with Gasteiger partial charge in [-0.05, 0) is 0 Å². The van der Waals surface area contributed by atoms with E-state index in [1.165, 1.54) is 15.6 Å². The third kappa shape index (κ3) is 3.23. The minimum absolute atomic E-state index is 0.217. The molecule has 0 aliphatic carbocycles. The third-order valence-corrected chi connectivity index (χ3v) is 5.71. The van der Waals surface area contributed by atoms with Crippen LogP contribution in [0.5, 0.6) is 0 Å². The average Bonchev–Trinajstić information content (AvgIpc) is 2.89. The summed E-state index contributed by atoms with van der Waals surface area (Å²) < 4.78 is 2.40. The van der Waals surface area contributed by atoms with Crippen LogP contribution in [0.25, 0.3) is 10.0 Å². The van der Waals surface area contributed by atoms with E-state index in [9.17, 15) is 0 Å². The van der Waals surface area contributed by atoms with Gasteiger partial charge in [0, 0.05) is 0 Å². The summed E-state index contributed by atoms with van der Waals surface area (Å²) in [5.74, 6) is 0. The summed E-state index contributed by atoms with van der Waals surface area (Å²) in [7, 11) is 0. The first-order chi connectivity index (χ1) is 10.3. The molecule has 21 heavy (non-hydrogen) atoms. The molecule has 3 rings (SSSR count). The molecule has 0 aliphatic rings. The van der Waals surface area contributed by atoms with Crippen molar-refractivity contribution in [3.05, 3.63) is 60.0 Å².